The number of aryl methyl sites for hydroxylation is 1. The fourth-order valence-electron chi connectivity index (χ4n) is 2.86. The van der Waals surface area contributed by atoms with Crippen LogP contribution in [0.1, 0.15) is 49.3 Å². The summed E-state index contributed by atoms with van der Waals surface area (Å²) in [4.78, 5) is 14.3. The van der Waals surface area contributed by atoms with E-state index in [-0.39, 0.29) is 22.3 Å². The summed E-state index contributed by atoms with van der Waals surface area (Å²) in [5.74, 6) is -0.410. The van der Waals surface area contributed by atoms with E-state index in [1.807, 2.05) is 13.8 Å². The molecule has 1 aromatic heterocycles. The molecule has 8 heteroatoms. The predicted molar refractivity (Wildman–Crippen MR) is 74.9 cm³/mol. The third kappa shape index (κ3) is 2.95. The molecule has 1 aliphatic heterocycles. The van der Waals surface area contributed by atoms with Crippen molar-refractivity contribution in [3.63, 3.8) is 0 Å². The van der Waals surface area contributed by atoms with Crippen LogP contribution in [0.25, 0.3) is 0 Å². The maximum atomic E-state index is 12.9. The van der Waals surface area contributed by atoms with E-state index in [1.165, 1.54) is 7.05 Å². The number of carbonyl (C=O) groups excluding carboxylic acids is 1. The average molecular weight is 368 g/mol. The third-order valence-electron chi connectivity index (χ3n) is 3.89. The lowest BCUT2D eigenvalue weighted by molar-refractivity contribution is -0.142. The summed E-state index contributed by atoms with van der Waals surface area (Å²) >= 11 is 2.89. The second-order valence-corrected chi connectivity index (χ2v) is 6.27. The second-order valence-electron chi connectivity index (χ2n) is 5.47. The molecule has 0 spiro atoms. The van der Waals surface area contributed by atoms with Crippen molar-refractivity contribution in [3.8, 4) is 0 Å². The molecule has 0 N–H and O–H groups in total. The standard InChI is InChI=1S/C13H17BrF3N3O/c1-7-5-4-6-8(2)20(7)12(21)10-9(14)11(13(15,16)17)18-19(10)3/h7-8H,4-6H2,1-3H3/t7-,8-/m0/s1. The normalized spacial score (nSPS) is 23.5. The van der Waals surface area contributed by atoms with Gasteiger partial charge in [0, 0.05) is 19.1 Å². The topological polar surface area (TPSA) is 38.1 Å². The van der Waals surface area contributed by atoms with E-state index in [1.54, 1.807) is 4.90 Å². The lowest BCUT2D eigenvalue weighted by atomic mass is 9.97. The molecule has 21 heavy (non-hydrogen) atoms. The highest BCUT2D eigenvalue weighted by Gasteiger charge is 2.41. The van der Waals surface area contributed by atoms with Gasteiger partial charge >= 0.3 is 6.18 Å². The zero-order valence-corrected chi connectivity index (χ0v) is 13.6. The van der Waals surface area contributed by atoms with Crippen LogP contribution in [-0.4, -0.2) is 32.7 Å². The highest BCUT2D eigenvalue weighted by atomic mass is 79.9. The molecule has 1 amide bonds. The molecule has 4 nitrogen and oxygen atoms in total. The van der Waals surface area contributed by atoms with Gasteiger partial charge in [-0.3, -0.25) is 9.48 Å². The Hall–Kier alpha value is -1.05. The lowest BCUT2D eigenvalue weighted by Gasteiger charge is -2.39. The summed E-state index contributed by atoms with van der Waals surface area (Å²) in [6.07, 6.45) is -1.85. The summed E-state index contributed by atoms with van der Waals surface area (Å²) in [7, 11) is 1.35. The Balaban J connectivity index is 2.42. The van der Waals surface area contributed by atoms with Crippen LogP contribution in [0.3, 0.4) is 0 Å². The number of nitrogens with zero attached hydrogens (tertiary/aromatic N) is 3. The summed E-state index contributed by atoms with van der Waals surface area (Å²) in [5.41, 5.74) is -1.12. The van der Waals surface area contributed by atoms with Crippen LogP contribution in [-0.2, 0) is 13.2 Å². The molecule has 0 saturated carbocycles. The van der Waals surface area contributed by atoms with Crippen LogP contribution in [0.2, 0.25) is 0 Å². The van der Waals surface area contributed by atoms with Crippen LogP contribution >= 0.6 is 15.9 Å². The van der Waals surface area contributed by atoms with Crippen LogP contribution < -0.4 is 0 Å². The van der Waals surface area contributed by atoms with Gasteiger partial charge in [0.15, 0.2) is 5.69 Å². The van der Waals surface area contributed by atoms with Gasteiger partial charge in [0.05, 0.1) is 4.47 Å². The third-order valence-corrected chi connectivity index (χ3v) is 4.64. The monoisotopic (exact) mass is 367 g/mol. The van der Waals surface area contributed by atoms with Gasteiger partial charge in [-0.25, -0.2) is 0 Å². The van der Waals surface area contributed by atoms with Gasteiger partial charge in [0.2, 0.25) is 0 Å². The highest BCUT2D eigenvalue weighted by Crippen LogP contribution is 2.36. The number of alkyl halides is 3. The molecule has 0 aliphatic carbocycles. The first kappa shape index (κ1) is 16.3. The van der Waals surface area contributed by atoms with E-state index in [4.69, 9.17) is 0 Å². The first-order valence-corrected chi connectivity index (χ1v) is 7.56. The molecule has 0 unspecified atom stereocenters. The van der Waals surface area contributed by atoms with Gasteiger partial charge in [0.1, 0.15) is 5.69 Å². The van der Waals surface area contributed by atoms with Crippen molar-refractivity contribution in [3.05, 3.63) is 15.9 Å². The van der Waals surface area contributed by atoms with Crippen LogP contribution in [0.5, 0.6) is 0 Å². The summed E-state index contributed by atoms with van der Waals surface area (Å²) < 4.78 is 39.3. The molecule has 118 valence electrons. The Morgan fingerprint density at radius 1 is 1.29 bits per heavy atom. The van der Waals surface area contributed by atoms with Crippen LogP contribution in [0.4, 0.5) is 13.2 Å². The molecule has 2 rings (SSSR count). The molecule has 2 heterocycles. The number of piperidine rings is 1. The van der Waals surface area contributed by atoms with Gasteiger partial charge in [-0.15, -0.1) is 0 Å². The molecule has 0 radical (unpaired) electrons. The number of halogens is 4. The number of hydrogen-bond acceptors (Lipinski definition) is 2. The quantitative estimate of drug-likeness (QED) is 0.760. The van der Waals surface area contributed by atoms with Crippen LogP contribution in [0, 0.1) is 0 Å². The van der Waals surface area contributed by atoms with Crippen molar-refractivity contribution in [2.75, 3.05) is 0 Å². The summed E-state index contributed by atoms with van der Waals surface area (Å²) in [6, 6.07) is 0.0229. The van der Waals surface area contributed by atoms with Gasteiger partial charge in [-0.2, -0.15) is 18.3 Å². The zero-order valence-electron chi connectivity index (χ0n) is 12.0. The molecule has 2 atom stereocenters. The Labute approximate surface area is 129 Å². The minimum Gasteiger partial charge on any atom is -0.332 e. The molecule has 0 bridgehead atoms. The van der Waals surface area contributed by atoms with Gasteiger partial charge in [0.25, 0.3) is 5.91 Å². The van der Waals surface area contributed by atoms with Crippen molar-refractivity contribution >= 4 is 21.8 Å². The summed E-state index contributed by atoms with van der Waals surface area (Å²) in [6.45, 7) is 3.84. The minimum absolute atomic E-state index is 0.0115. The largest absolute Gasteiger partial charge is 0.436 e. The first-order valence-electron chi connectivity index (χ1n) is 6.77. The first-order chi connectivity index (χ1) is 9.64. The second kappa shape index (κ2) is 5.62. The predicted octanol–water partition coefficient (Wildman–Crippen LogP) is 3.60. The highest BCUT2D eigenvalue weighted by molar-refractivity contribution is 9.10. The number of likely N-dealkylation sites (tertiary alicyclic amines) is 1. The van der Waals surface area contributed by atoms with Gasteiger partial charge < -0.3 is 4.90 Å². The molecular weight excluding hydrogens is 351 g/mol. The van der Waals surface area contributed by atoms with Crippen molar-refractivity contribution in [2.45, 2.75) is 51.4 Å². The summed E-state index contributed by atoms with van der Waals surface area (Å²) in [5, 5.41) is 3.44. The minimum atomic E-state index is -4.59. The maximum Gasteiger partial charge on any atom is 0.436 e. The van der Waals surface area contributed by atoms with E-state index in [0.29, 0.717) is 0 Å². The van der Waals surface area contributed by atoms with Gasteiger partial charge in [-0.1, -0.05) is 0 Å². The number of amides is 1. The van der Waals surface area contributed by atoms with E-state index in [0.717, 1.165) is 23.9 Å². The van der Waals surface area contributed by atoms with E-state index in [9.17, 15) is 18.0 Å². The maximum absolute atomic E-state index is 12.9. The zero-order chi connectivity index (χ0) is 15.9. The van der Waals surface area contributed by atoms with Crippen molar-refractivity contribution in [1.29, 1.82) is 0 Å². The smallest absolute Gasteiger partial charge is 0.332 e. The Kier molecular flexibility index (Phi) is 4.37. The van der Waals surface area contributed by atoms with Crippen molar-refractivity contribution in [1.82, 2.24) is 14.7 Å². The van der Waals surface area contributed by atoms with E-state index in [2.05, 4.69) is 21.0 Å². The number of aromatic nitrogens is 2. The fraction of sp³-hybridized carbons (Fsp3) is 0.692. The molecule has 1 saturated heterocycles. The van der Waals surface area contributed by atoms with E-state index >= 15 is 0 Å². The molecule has 1 aliphatic rings. The Morgan fingerprint density at radius 3 is 2.24 bits per heavy atom. The van der Waals surface area contributed by atoms with E-state index < -0.39 is 17.8 Å². The van der Waals surface area contributed by atoms with Gasteiger partial charge in [-0.05, 0) is 49.0 Å². The fourth-order valence-corrected chi connectivity index (χ4v) is 3.59. The average Bonchev–Trinajstić information content (AvgIpc) is 2.64. The Bertz CT molecular complexity index is 546. The molecule has 1 fully saturated rings. The number of rotatable bonds is 1. The lowest BCUT2D eigenvalue weighted by Crippen LogP contribution is -2.48. The van der Waals surface area contributed by atoms with Crippen molar-refractivity contribution in [2.24, 2.45) is 7.05 Å². The SMILES string of the molecule is C[C@H]1CCC[C@H](C)N1C(=O)c1c(Br)c(C(F)(F)F)nn1C. The molecule has 0 aromatic carbocycles. The number of carbonyl (C=O) groups is 1. The van der Waals surface area contributed by atoms with Crippen molar-refractivity contribution < 1.29 is 18.0 Å². The van der Waals surface area contributed by atoms with Crippen LogP contribution in [0.15, 0.2) is 4.47 Å². The number of hydrogen-bond donors (Lipinski definition) is 0. The molecular formula is C13H17BrF3N3O. The molecule has 1 aromatic rings. The Morgan fingerprint density at radius 2 is 1.81 bits per heavy atom.